The molecule has 1 aliphatic heterocycles. The molecule has 0 aromatic carbocycles. The molecule has 8 heteroatoms. The van der Waals surface area contributed by atoms with E-state index in [2.05, 4.69) is 15.4 Å². The van der Waals surface area contributed by atoms with Crippen molar-refractivity contribution >= 4 is 28.8 Å². The molecule has 2 N–H and O–H groups in total. The van der Waals surface area contributed by atoms with Crippen molar-refractivity contribution in [1.82, 2.24) is 15.1 Å². The lowest BCUT2D eigenvalue weighted by Gasteiger charge is -2.00. The maximum Gasteiger partial charge on any atom is 0.305 e. The normalized spacial score (nSPS) is 14.3. The number of aliphatic imine (C=N–C) groups is 1. The van der Waals surface area contributed by atoms with Gasteiger partial charge in [-0.1, -0.05) is 11.8 Å². The molecule has 0 bridgehead atoms. The van der Waals surface area contributed by atoms with Crippen molar-refractivity contribution in [2.24, 2.45) is 4.99 Å². The SMILES string of the molecule is O=C(O)CCn1cc(C(=O)NC2=NCCS2)cn1. The molecule has 1 aromatic heterocycles. The van der Waals surface area contributed by atoms with Crippen LogP contribution < -0.4 is 5.32 Å². The molecule has 0 radical (unpaired) electrons. The van der Waals surface area contributed by atoms with Gasteiger partial charge in [0.1, 0.15) is 0 Å². The Hall–Kier alpha value is -1.83. The fourth-order valence-corrected chi connectivity index (χ4v) is 2.12. The van der Waals surface area contributed by atoms with Crippen molar-refractivity contribution in [3.63, 3.8) is 0 Å². The number of amidine groups is 1. The minimum Gasteiger partial charge on any atom is -0.481 e. The Kier molecular flexibility index (Phi) is 3.98. The first-order valence-electron chi connectivity index (χ1n) is 5.38. The number of carbonyl (C=O) groups excluding carboxylic acids is 1. The zero-order valence-corrected chi connectivity index (χ0v) is 10.3. The number of aryl methyl sites for hydroxylation is 1. The molecule has 18 heavy (non-hydrogen) atoms. The number of carboxylic acid groups (broad SMARTS) is 1. The van der Waals surface area contributed by atoms with Gasteiger partial charge >= 0.3 is 5.97 Å². The highest BCUT2D eigenvalue weighted by Gasteiger charge is 2.14. The predicted molar refractivity (Wildman–Crippen MR) is 66.7 cm³/mol. The lowest BCUT2D eigenvalue weighted by molar-refractivity contribution is -0.137. The van der Waals surface area contributed by atoms with Gasteiger partial charge in [0.05, 0.1) is 31.3 Å². The number of thioether (sulfide) groups is 1. The minimum absolute atomic E-state index is 0.0225. The summed E-state index contributed by atoms with van der Waals surface area (Å²) in [6.45, 7) is 0.969. The largest absolute Gasteiger partial charge is 0.481 e. The van der Waals surface area contributed by atoms with E-state index in [1.165, 1.54) is 28.8 Å². The summed E-state index contributed by atoms with van der Waals surface area (Å²) in [5.41, 5.74) is 0.399. The third-order valence-corrected chi connectivity index (χ3v) is 3.15. The van der Waals surface area contributed by atoms with Gasteiger partial charge in [-0.05, 0) is 0 Å². The van der Waals surface area contributed by atoms with Crippen molar-refractivity contribution in [3.8, 4) is 0 Å². The first kappa shape index (κ1) is 12.6. The van der Waals surface area contributed by atoms with Gasteiger partial charge in [0, 0.05) is 11.9 Å². The van der Waals surface area contributed by atoms with E-state index in [-0.39, 0.29) is 18.9 Å². The molecule has 0 atom stereocenters. The fourth-order valence-electron chi connectivity index (χ4n) is 1.39. The maximum atomic E-state index is 11.8. The summed E-state index contributed by atoms with van der Waals surface area (Å²) in [5, 5.41) is 15.8. The van der Waals surface area contributed by atoms with E-state index in [4.69, 9.17) is 5.11 Å². The Bertz CT molecular complexity index is 497. The molecule has 0 spiro atoms. The number of nitrogens with zero attached hydrogens (tertiary/aromatic N) is 3. The third kappa shape index (κ3) is 3.33. The van der Waals surface area contributed by atoms with Gasteiger partial charge in [0.15, 0.2) is 5.17 Å². The van der Waals surface area contributed by atoms with Crippen LogP contribution in [0.2, 0.25) is 0 Å². The van der Waals surface area contributed by atoms with E-state index in [1.807, 2.05) is 0 Å². The van der Waals surface area contributed by atoms with Crippen molar-refractivity contribution < 1.29 is 14.7 Å². The van der Waals surface area contributed by atoms with Crippen LogP contribution in [0.3, 0.4) is 0 Å². The third-order valence-electron chi connectivity index (χ3n) is 2.26. The summed E-state index contributed by atoms with van der Waals surface area (Å²) < 4.78 is 1.44. The molecular formula is C10H12N4O3S. The topological polar surface area (TPSA) is 96.6 Å². The van der Waals surface area contributed by atoms with Crippen molar-refractivity contribution in [1.29, 1.82) is 0 Å². The first-order valence-corrected chi connectivity index (χ1v) is 6.36. The second-order valence-corrected chi connectivity index (χ2v) is 4.71. The molecular weight excluding hydrogens is 256 g/mol. The van der Waals surface area contributed by atoms with Gasteiger partial charge < -0.3 is 10.4 Å². The number of aromatic nitrogens is 2. The lowest BCUT2D eigenvalue weighted by Crippen LogP contribution is -2.26. The first-order chi connectivity index (χ1) is 8.65. The number of hydrogen-bond acceptors (Lipinski definition) is 5. The van der Waals surface area contributed by atoms with Crippen LogP contribution in [0.4, 0.5) is 0 Å². The van der Waals surface area contributed by atoms with Crippen LogP contribution >= 0.6 is 11.8 Å². The average Bonchev–Trinajstić information content (AvgIpc) is 2.96. The van der Waals surface area contributed by atoms with Gasteiger partial charge in [0.2, 0.25) is 0 Å². The Morgan fingerprint density at radius 2 is 2.39 bits per heavy atom. The van der Waals surface area contributed by atoms with Crippen LogP contribution in [0.1, 0.15) is 16.8 Å². The highest BCUT2D eigenvalue weighted by molar-refractivity contribution is 8.14. The predicted octanol–water partition coefficient (Wildman–Crippen LogP) is 0.190. The summed E-state index contributed by atoms with van der Waals surface area (Å²) in [7, 11) is 0. The van der Waals surface area contributed by atoms with E-state index >= 15 is 0 Å². The molecule has 7 nitrogen and oxygen atoms in total. The van der Waals surface area contributed by atoms with Crippen LogP contribution in [0, 0.1) is 0 Å². The number of rotatable bonds is 4. The van der Waals surface area contributed by atoms with E-state index in [0.29, 0.717) is 10.7 Å². The molecule has 2 rings (SSSR count). The second-order valence-electron chi connectivity index (χ2n) is 3.63. The summed E-state index contributed by atoms with van der Waals surface area (Å²) >= 11 is 1.50. The zero-order chi connectivity index (χ0) is 13.0. The molecule has 0 unspecified atom stereocenters. The smallest absolute Gasteiger partial charge is 0.305 e. The van der Waals surface area contributed by atoms with E-state index in [1.54, 1.807) is 0 Å². The lowest BCUT2D eigenvalue weighted by atomic mass is 10.3. The molecule has 2 heterocycles. The highest BCUT2D eigenvalue weighted by Crippen LogP contribution is 2.09. The van der Waals surface area contributed by atoms with E-state index in [0.717, 1.165) is 12.3 Å². The number of carboxylic acids is 1. The number of nitrogens with one attached hydrogen (secondary N) is 1. The summed E-state index contributed by atoms with van der Waals surface area (Å²) in [5.74, 6) is -0.286. The van der Waals surface area contributed by atoms with Crippen LogP contribution in [-0.4, -0.2) is 44.2 Å². The summed E-state index contributed by atoms with van der Waals surface area (Å²) in [6.07, 6.45) is 2.92. The summed E-state index contributed by atoms with van der Waals surface area (Å²) in [4.78, 5) is 26.3. The quantitative estimate of drug-likeness (QED) is 0.812. The fraction of sp³-hybridized carbons (Fsp3) is 0.400. The number of aliphatic carboxylic acids is 1. The van der Waals surface area contributed by atoms with Crippen molar-refractivity contribution in [2.45, 2.75) is 13.0 Å². The molecule has 0 saturated carbocycles. The van der Waals surface area contributed by atoms with Crippen LogP contribution in [0.25, 0.3) is 0 Å². The standard InChI is InChI=1S/C10H12N4O3S/c15-8(16)1-3-14-6-7(5-12-14)9(17)13-10-11-2-4-18-10/h5-6H,1-4H2,(H,15,16)(H,11,13,17). The highest BCUT2D eigenvalue weighted by atomic mass is 32.2. The van der Waals surface area contributed by atoms with Gasteiger partial charge in [-0.15, -0.1) is 0 Å². The average molecular weight is 268 g/mol. The van der Waals surface area contributed by atoms with Gasteiger partial charge in [-0.3, -0.25) is 19.3 Å². The number of hydrogen-bond donors (Lipinski definition) is 2. The van der Waals surface area contributed by atoms with Crippen LogP contribution in [-0.2, 0) is 11.3 Å². The number of amides is 1. The molecule has 96 valence electrons. The number of carbonyl (C=O) groups is 2. The monoisotopic (exact) mass is 268 g/mol. The van der Waals surface area contributed by atoms with E-state index < -0.39 is 5.97 Å². The Labute approximate surface area is 107 Å². The molecule has 1 amide bonds. The Balaban J connectivity index is 1.92. The van der Waals surface area contributed by atoms with Crippen LogP contribution in [0.15, 0.2) is 17.4 Å². The minimum atomic E-state index is -0.895. The van der Waals surface area contributed by atoms with Gasteiger partial charge in [0.25, 0.3) is 5.91 Å². The maximum absolute atomic E-state index is 11.8. The van der Waals surface area contributed by atoms with Gasteiger partial charge in [-0.25, -0.2) is 0 Å². The Morgan fingerprint density at radius 1 is 1.56 bits per heavy atom. The molecule has 0 saturated heterocycles. The molecule has 0 aliphatic carbocycles. The zero-order valence-electron chi connectivity index (χ0n) is 9.50. The summed E-state index contributed by atoms with van der Waals surface area (Å²) in [6, 6.07) is 0. The van der Waals surface area contributed by atoms with Crippen molar-refractivity contribution in [2.75, 3.05) is 12.3 Å². The molecule has 1 aromatic rings. The van der Waals surface area contributed by atoms with Gasteiger partial charge in [-0.2, -0.15) is 5.10 Å². The second kappa shape index (κ2) is 5.67. The van der Waals surface area contributed by atoms with Crippen molar-refractivity contribution in [3.05, 3.63) is 18.0 Å². The molecule has 1 aliphatic rings. The Morgan fingerprint density at radius 3 is 3.06 bits per heavy atom. The van der Waals surface area contributed by atoms with Crippen LogP contribution in [0.5, 0.6) is 0 Å². The molecule has 0 fully saturated rings. The van der Waals surface area contributed by atoms with E-state index in [9.17, 15) is 9.59 Å².